The Morgan fingerprint density at radius 1 is 0.286 bits per heavy atom. The molecule has 2 heterocycles. The molecule has 0 aromatic carbocycles. The molecule has 3 heteroatoms. The van der Waals surface area contributed by atoms with Crippen LogP contribution in [0.3, 0.4) is 0 Å². The minimum atomic E-state index is 0.918. The second-order valence-electron chi connectivity index (χ2n) is 24.1. The summed E-state index contributed by atoms with van der Waals surface area (Å²) in [5.41, 5.74) is 0. The van der Waals surface area contributed by atoms with E-state index in [0.717, 1.165) is 122 Å². The molecule has 0 bridgehead atoms. The first-order chi connectivity index (χ1) is 27.7. The first-order valence-electron chi connectivity index (χ1n) is 26.8. The summed E-state index contributed by atoms with van der Waals surface area (Å²) in [6, 6.07) is 2.78. The van der Waals surface area contributed by atoms with Gasteiger partial charge in [0.05, 0.1) is 0 Å². The van der Waals surface area contributed by atoms with E-state index < -0.39 is 0 Å². The van der Waals surface area contributed by atoms with Gasteiger partial charge in [0, 0.05) is 39.1 Å². The molecule has 2 aliphatic heterocycles. The maximum absolute atomic E-state index is 3.56. The molecule has 0 radical (unpaired) electrons. The monoisotopic (exact) mass is 800 g/mol. The summed E-state index contributed by atoms with van der Waals surface area (Å²) in [6.45, 7) is 0. The third kappa shape index (κ3) is 6.84. The Kier molecular flexibility index (Phi) is 11.2. The zero-order chi connectivity index (χ0) is 36.7. The highest BCUT2D eigenvalue weighted by molar-refractivity contribution is 8.02. The van der Waals surface area contributed by atoms with E-state index in [-0.39, 0.29) is 0 Å². The van der Waals surface area contributed by atoms with Crippen LogP contribution in [0, 0.1) is 82.9 Å². The lowest BCUT2D eigenvalue weighted by Gasteiger charge is -2.54. The topological polar surface area (TPSA) is 3.24 Å². The van der Waals surface area contributed by atoms with E-state index in [9.17, 15) is 0 Å². The molecule has 56 heavy (non-hydrogen) atoms. The van der Waals surface area contributed by atoms with Crippen LogP contribution in [0.4, 0.5) is 0 Å². The van der Waals surface area contributed by atoms with E-state index in [0.29, 0.717) is 0 Å². The van der Waals surface area contributed by atoms with Crippen LogP contribution in [0.2, 0.25) is 0 Å². The van der Waals surface area contributed by atoms with Gasteiger partial charge < -0.3 is 0 Å². The van der Waals surface area contributed by atoms with Crippen LogP contribution in [-0.2, 0) is 0 Å². The van der Waals surface area contributed by atoms with Crippen LogP contribution in [0.15, 0.2) is 0 Å². The highest BCUT2D eigenvalue weighted by Crippen LogP contribution is 2.66. The van der Waals surface area contributed by atoms with Crippen molar-refractivity contribution in [2.24, 2.45) is 82.9 Å². The van der Waals surface area contributed by atoms with E-state index in [1.807, 2.05) is 0 Å². The Morgan fingerprint density at radius 3 is 1.70 bits per heavy atom. The molecule has 0 aromatic heterocycles. The number of nitrogens with zero attached hydrogens (tertiary/aromatic N) is 1. The lowest BCUT2D eigenvalue weighted by Crippen LogP contribution is -2.59. The minimum absolute atomic E-state index is 0.918. The van der Waals surface area contributed by atoms with Gasteiger partial charge in [0.1, 0.15) is 0 Å². The Hall–Kier alpha value is 0.660. The fourth-order valence-electron chi connectivity index (χ4n) is 19.9. The van der Waals surface area contributed by atoms with Crippen LogP contribution >= 0.6 is 23.5 Å². The lowest BCUT2D eigenvalue weighted by atomic mass is 9.59. The summed E-state index contributed by atoms with van der Waals surface area (Å²) >= 11 is 5.24. The number of hydrogen-bond donors (Lipinski definition) is 0. The van der Waals surface area contributed by atoms with Gasteiger partial charge in [0.15, 0.2) is 0 Å². The van der Waals surface area contributed by atoms with Gasteiger partial charge in [-0.25, -0.2) is 0 Å². The molecule has 0 spiro atoms. The van der Waals surface area contributed by atoms with E-state index in [2.05, 4.69) is 28.4 Å². The van der Waals surface area contributed by atoms with Crippen molar-refractivity contribution in [2.45, 2.75) is 245 Å². The molecule has 18 atom stereocenters. The van der Waals surface area contributed by atoms with Gasteiger partial charge in [-0.05, 0) is 211 Å². The number of rotatable bonds is 5. The molecule has 0 N–H and O–H groups in total. The van der Waals surface area contributed by atoms with Crippen molar-refractivity contribution in [3.05, 3.63) is 0 Å². The van der Waals surface area contributed by atoms with Gasteiger partial charge in [-0.1, -0.05) is 77.0 Å². The second kappa shape index (κ2) is 16.4. The lowest BCUT2D eigenvalue weighted by molar-refractivity contribution is -0.0353. The van der Waals surface area contributed by atoms with Crippen LogP contribution in [0.1, 0.15) is 205 Å². The van der Waals surface area contributed by atoms with E-state index >= 15 is 0 Å². The highest BCUT2D eigenvalue weighted by Gasteiger charge is 2.61. The Morgan fingerprint density at radius 2 is 0.875 bits per heavy atom. The number of thioether (sulfide) groups is 2. The van der Waals surface area contributed by atoms with Gasteiger partial charge in [0.2, 0.25) is 0 Å². The zero-order valence-corrected chi connectivity index (χ0v) is 37.6. The van der Waals surface area contributed by atoms with Crippen molar-refractivity contribution in [3.63, 3.8) is 0 Å². The quantitative estimate of drug-likeness (QED) is 0.273. The summed E-state index contributed by atoms with van der Waals surface area (Å²) in [5, 5.41) is 4.08. The first-order valence-corrected chi connectivity index (χ1v) is 28.7. The molecule has 12 aliphatic rings. The van der Waals surface area contributed by atoms with Crippen LogP contribution < -0.4 is 0 Å². The van der Waals surface area contributed by atoms with Gasteiger partial charge in [0.25, 0.3) is 0 Å². The maximum Gasteiger partial charge on any atom is 0.0237 e. The largest absolute Gasteiger partial charge is 0.293 e. The minimum Gasteiger partial charge on any atom is -0.293 e. The molecule has 1 nitrogen and oxygen atoms in total. The van der Waals surface area contributed by atoms with E-state index in [4.69, 9.17) is 0 Å². The smallest absolute Gasteiger partial charge is 0.0237 e. The molecule has 10 saturated carbocycles. The first kappa shape index (κ1) is 38.3. The van der Waals surface area contributed by atoms with Gasteiger partial charge in [-0.2, -0.15) is 23.5 Å². The Balaban J connectivity index is 0.783. The predicted octanol–water partition coefficient (Wildman–Crippen LogP) is 14.6. The summed E-state index contributed by atoms with van der Waals surface area (Å²) in [6.07, 6.45) is 50.7. The zero-order valence-electron chi connectivity index (χ0n) is 36.0. The molecule has 18 unspecified atom stereocenters. The van der Waals surface area contributed by atoms with Crippen LogP contribution in [0.25, 0.3) is 0 Å². The molecule has 314 valence electrons. The summed E-state index contributed by atoms with van der Waals surface area (Å²) in [7, 11) is 0. The van der Waals surface area contributed by atoms with Crippen molar-refractivity contribution in [2.75, 3.05) is 0 Å². The fraction of sp³-hybridized carbons (Fsp3) is 1.00. The molecular formula is C53H85NS2. The SMILES string of the molecule is C1CCC(C2CCC3CCC(C4CCC(N(C5CCCC6C7CCCCC7CC65)C5CCCC6C7CCC8SC9CCCCC9C8C7SC65)CC4)CC3C2)CC1. The number of hydrogen-bond acceptors (Lipinski definition) is 3. The van der Waals surface area contributed by atoms with Gasteiger partial charge in [-0.3, -0.25) is 4.90 Å². The van der Waals surface area contributed by atoms with Crippen molar-refractivity contribution in [1.29, 1.82) is 0 Å². The van der Waals surface area contributed by atoms with Crippen molar-refractivity contribution < 1.29 is 0 Å². The average molecular weight is 800 g/mol. The average Bonchev–Trinajstić information content (AvgIpc) is 3.96. The summed E-state index contributed by atoms with van der Waals surface area (Å²) in [5.74, 6) is 15.3. The maximum atomic E-state index is 3.56. The second-order valence-corrected chi connectivity index (χ2v) is 26.9. The molecule has 12 rings (SSSR count). The van der Waals surface area contributed by atoms with Crippen LogP contribution in [-0.4, -0.2) is 44.0 Å². The summed E-state index contributed by atoms with van der Waals surface area (Å²) in [4.78, 5) is 3.56. The predicted molar refractivity (Wildman–Crippen MR) is 240 cm³/mol. The van der Waals surface area contributed by atoms with Crippen molar-refractivity contribution in [3.8, 4) is 0 Å². The Bertz CT molecular complexity index is 1330. The fourth-order valence-corrected chi connectivity index (χ4v) is 24.5. The normalized spacial score (nSPS) is 54.6. The highest BCUT2D eigenvalue weighted by atomic mass is 32.2. The molecule has 0 aromatic rings. The standard InChI is InChI=1S/C53H85NS2/c1-2-10-33(11-3-1)36-22-20-35-21-23-37(31-39(35)30-36)34-24-26-40(27-25-34)54(47-17-8-15-42-41-13-5-4-12-38(41)32-46(42)47)48-18-9-16-43-44-28-29-50-51(53(44)56-52(43)48)45-14-6-7-19-49(45)55-50/h33-53H,1-32H2. The third-order valence-electron chi connectivity index (χ3n) is 22.1. The molecule has 12 fully saturated rings. The molecule has 0 amide bonds. The Labute approximate surface area is 354 Å². The molecule has 10 aliphatic carbocycles. The third-order valence-corrected chi connectivity index (χ3v) is 25.9. The van der Waals surface area contributed by atoms with E-state index in [1.54, 1.807) is 193 Å². The van der Waals surface area contributed by atoms with Crippen molar-refractivity contribution in [1.82, 2.24) is 4.90 Å². The summed E-state index contributed by atoms with van der Waals surface area (Å²) < 4.78 is 0. The van der Waals surface area contributed by atoms with Gasteiger partial charge in [-0.15, -0.1) is 0 Å². The van der Waals surface area contributed by atoms with Gasteiger partial charge >= 0.3 is 0 Å². The number of fused-ring (bicyclic) bond motifs is 11. The van der Waals surface area contributed by atoms with Crippen LogP contribution in [0.5, 0.6) is 0 Å². The van der Waals surface area contributed by atoms with E-state index in [1.165, 1.54) is 12.8 Å². The molecule has 2 saturated heterocycles. The van der Waals surface area contributed by atoms with Crippen molar-refractivity contribution >= 4 is 23.5 Å². The molecular weight excluding hydrogens is 715 g/mol.